The normalized spacial score (nSPS) is 22.3. The second kappa shape index (κ2) is 12.5. The Morgan fingerprint density at radius 1 is 0.816 bits per heavy atom. The smallest absolute Gasteiger partial charge is 0.392 e. The molecule has 0 radical (unpaired) electrons. The number of rotatable bonds is 8. The number of hydrogen-bond acceptors (Lipinski definition) is 5. The van der Waals surface area contributed by atoms with E-state index in [4.69, 9.17) is 0 Å². The molecule has 2 unspecified atom stereocenters. The second-order valence-electron chi connectivity index (χ2n) is 13.0. The molecular formula is C39H36F3N3O4. The van der Waals surface area contributed by atoms with E-state index in [2.05, 4.69) is 5.10 Å². The molecule has 1 aliphatic carbocycles. The van der Waals surface area contributed by atoms with Gasteiger partial charge in [0, 0.05) is 35.7 Å². The Labute approximate surface area is 281 Å². The van der Waals surface area contributed by atoms with Gasteiger partial charge in [-0.15, -0.1) is 0 Å². The molecule has 0 bridgehead atoms. The molecule has 4 aromatic carbocycles. The molecule has 0 spiro atoms. The molecule has 5 aromatic rings. The standard InChI is InChI=1S/C39H36F3N3O4/c1-44-30-18-17-26(23-46)19-29(30)38(21-24-11-5-2-6-12-24,22-25-13-7-3-8-14-25)31(44)20-28-34(47)32(35(28)48)33-36(39(40,41)42)43-45(37(33)49)27-15-9-4-10-16-27/h2-20,28,32,34-35,43,46-48H,21-23H2,1H3. The zero-order valence-corrected chi connectivity index (χ0v) is 26.7. The van der Waals surface area contributed by atoms with Crippen LogP contribution in [0.15, 0.2) is 126 Å². The van der Waals surface area contributed by atoms with Crippen molar-refractivity contribution < 1.29 is 28.5 Å². The number of benzene rings is 4. The first kappa shape index (κ1) is 32.6. The van der Waals surface area contributed by atoms with Crippen molar-refractivity contribution in [3.05, 3.63) is 165 Å². The molecule has 1 aromatic heterocycles. The van der Waals surface area contributed by atoms with Crippen molar-refractivity contribution in [2.45, 2.75) is 49.2 Å². The molecule has 2 atom stereocenters. The Morgan fingerprint density at radius 3 is 1.90 bits per heavy atom. The van der Waals surface area contributed by atoms with Gasteiger partial charge in [-0.2, -0.15) is 13.2 Å². The van der Waals surface area contributed by atoms with Crippen molar-refractivity contribution in [2.24, 2.45) is 5.92 Å². The minimum absolute atomic E-state index is 0.163. The zero-order chi connectivity index (χ0) is 34.5. The molecule has 2 heterocycles. The van der Waals surface area contributed by atoms with Crippen molar-refractivity contribution in [1.29, 1.82) is 0 Å². The number of aromatic amines is 1. The van der Waals surface area contributed by atoms with Gasteiger partial charge in [0.1, 0.15) is 5.69 Å². The zero-order valence-electron chi connectivity index (χ0n) is 26.7. The molecule has 1 aliphatic heterocycles. The molecule has 252 valence electrons. The first-order chi connectivity index (χ1) is 23.5. The Balaban J connectivity index is 1.35. The van der Waals surface area contributed by atoms with Crippen molar-refractivity contribution >= 4 is 5.69 Å². The number of fused-ring (bicyclic) bond motifs is 1. The van der Waals surface area contributed by atoms with E-state index in [9.17, 15) is 33.3 Å². The number of nitrogens with one attached hydrogen (secondary N) is 1. The predicted molar refractivity (Wildman–Crippen MR) is 180 cm³/mol. The van der Waals surface area contributed by atoms with Gasteiger partial charge in [-0.3, -0.25) is 9.89 Å². The van der Waals surface area contributed by atoms with Gasteiger partial charge in [-0.1, -0.05) is 97.1 Å². The number of allylic oxidation sites excluding steroid dienone is 1. The van der Waals surface area contributed by atoms with Gasteiger partial charge in [0.25, 0.3) is 5.56 Å². The van der Waals surface area contributed by atoms with Crippen LogP contribution in [0, 0.1) is 5.92 Å². The summed E-state index contributed by atoms with van der Waals surface area (Å²) >= 11 is 0. The summed E-state index contributed by atoms with van der Waals surface area (Å²) in [5.74, 6) is -2.44. The minimum Gasteiger partial charge on any atom is -0.392 e. The van der Waals surface area contributed by atoms with Gasteiger partial charge in [-0.25, -0.2) is 4.68 Å². The van der Waals surface area contributed by atoms with Crippen LogP contribution in [-0.4, -0.2) is 44.4 Å². The van der Waals surface area contributed by atoms with Crippen LogP contribution in [0.4, 0.5) is 18.9 Å². The number of aromatic nitrogens is 2. The Morgan fingerprint density at radius 2 is 1.37 bits per heavy atom. The van der Waals surface area contributed by atoms with Crippen LogP contribution < -0.4 is 10.5 Å². The molecule has 2 aliphatic rings. The highest BCUT2D eigenvalue weighted by atomic mass is 19.4. The van der Waals surface area contributed by atoms with Crippen LogP contribution in [0.1, 0.15) is 39.4 Å². The van der Waals surface area contributed by atoms with Gasteiger partial charge in [-0.05, 0) is 53.3 Å². The van der Waals surface area contributed by atoms with Crippen LogP contribution in [0.5, 0.6) is 0 Å². The van der Waals surface area contributed by atoms with Crippen molar-refractivity contribution in [3.63, 3.8) is 0 Å². The lowest BCUT2D eigenvalue weighted by Crippen LogP contribution is -2.55. The summed E-state index contributed by atoms with van der Waals surface area (Å²) in [5.41, 5.74) is 1.90. The first-order valence-corrected chi connectivity index (χ1v) is 16.2. The Bertz CT molecular complexity index is 1990. The van der Waals surface area contributed by atoms with Crippen LogP contribution in [0.2, 0.25) is 0 Å². The number of anilines is 1. The van der Waals surface area contributed by atoms with Crippen molar-refractivity contribution in [2.75, 3.05) is 11.9 Å². The molecule has 7 nitrogen and oxygen atoms in total. The molecule has 1 saturated carbocycles. The van der Waals surface area contributed by atoms with Gasteiger partial charge >= 0.3 is 6.18 Å². The Hall–Kier alpha value is -4.90. The maximum absolute atomic E-state index is 14.4. The lowest BCUT2D eigenvalue weighted by Gasteiger charge is -2.46. The molecule has 4 N–H and O–H groups in total. The van der Waals surface area contributed by atoms with E-state index in [1.807, 2.05) is 90.8 Å². The fourth-order valence-electron chi connectivity index (χ4n) is 7.73. The second-order valence-corrected chi connectivity index (χ2v) is 13.0. The van der Waals surface area contributed by atoms with Gasteiger partial charge in [0.15, 0.2) is 0 Å². The van der Waals surface area contributed by atoms with Crippen molar-refractivity contribution in [1.82, 2.24) is 9.78 Å². The highest BCUT2D eigenvalue weighted by molar-refractivity contribution is 5.72. The third kappa shape index (κ3) is 5.59. The molecule has 7 rings (SSSR count). The number of aliphatic hydroxyl groups excluding tert-OH is 3. The van der Waals surface area contributed by atoms with Crippen LogP contribution in [0.25, 0.3) is 5.69 Å². The summed E-state index contributed by atoms with van der Waals surface area (Å²) in [6, 6.07) is 33.5. The van der Waals surface area contributed by atoms with Gasteiger partial charge in [0.05, 0.1) is 30.1 Å². The Kier molecular flexibility index (Phi) is 8.34. The van der Waals surface area contributed by atoms with E-state index in [0.717, 1.165) is 38.3 Å². The van der Waals surface area contributed by atoms with E-state index < -0.39 is 52.5 Å². The number of nitrogens with zero attached hydrogens (tertiary/aromatic N) is 2. The van der Waals surface area contributed by atoms with Gasteiger partial charge < -0.3 is 20.2 Å². The van der Waals surface area contributed by atoms with E-state index >= 15 is 0 Å². The van der Waals surface area contributed by atoms with E-state index in [0.29, 0.717) is 12.8 Å². The fraction of sp³-hybridized carbons (Fsp3) is 0.256. The molecule has 10 heteroatoms. The van der Waals surface area contributed by atoms with E-state index in [1.54, 1.807) is 24.3 Å². The third-order valence-corrected chi connectivity index (χ3v) is 10.1. The number of para-hydroxylation sites is 1. The number of alkyl halides is 3. The van der Waals surface area contributed by atoms with Crippen LogP contribution in [-0.2, 0) is 31.0 Å². The topological polar surface area (TPSA) is 102 Å². The summed E-state index contributed by atoms with van der Waals surface area (Å²) in [4.78, 5) is 15.5. The molecule has 0 amide bonds. The number of halogens is 3. The number of hydrogen-bond donors (Lipinski definition) is 4. The average Bonchev–Trinajstić information content (AvgIpc) is 3.55. The molecular weight excluding hydrogens is 631 g/mol. The fourth-order valence-corrected chi connectivity index (χ4v) is 7.73. The number of H-pyrrole nitrogens is 1. The highest BCUT2D eigenvalue weighted by Crippen LogP contribution is 2.54. The summed E-state index contributed by atoms with van der Waals surface area (Å²) < 4.78 is 43.9. The number of aliphatic hydroxyl groups is 3. The lowest BCUT2D eigenvalue weighted by molar-refractivity contribution is -0.145. The number of likely N-dealkylation sites (N-methyl/N-ethyl adjacent to an activating group) is 1. The highest BCUT2D eigenvalue weighted by Gasteiger charge is 2.56. The summed E-state index contributed by atoms with van der Waals surface area (Å²) in [5, 5.41) is 35.5. The maximum Gasteiger partial charge on any atom is 0.433 e. The summed E-state index contributed by atoms with van der Waals surface area (Å²) in [6.07, 6.45) is -5.07. The molecule has 49 heavy (non-hydrogen) atoms. The van der Waals surface area contributed by atoms with Crippen LogP contribution >= 0.6 is 0 Å². The van der Waals surface area contributed by atoms with E-state index in [1.165, 1.54) is 12.1 Å². The third-order valence-electron chi connectivity index (χ3n) is 10.1. The largest absolute Gasteiger partial charge is 0.433 e. The van der Waals surface area contributed by atoms with Crippen molar-refractivity contribution in [3.8, 4) is 5.69 Å². The maximum atomic E-state index is 14.4. The van der Waals surface area contributed by atoms with Gasteiger partial charge in [0.2, 0.25) is 0 Å². The monoisotopic (exact) mass is 667 g/mol. The van der Waals surface area contributed by atoms with Crippen LogP contribution in [0.3, 0.4) is 0 Å². The first-order valence-electron chi connectivity index (χ1n) is 16.2. The average molecular weight is 668 g/mol. The summed E-state index contributed by atoms with van der Waals surface area (Å²) in [7, 11) is 1.89. The molecule has 1 fully saturated rings. The predicted octanol–water partition coefficient (Wildman–Crippen LogP) is 5.87. The summed E-state index contributed by atoms with van der Waals surface area (Å²) in [6.45, 7) is -0.163. The molecule has 0 saturated heterocycles. The SMILES string of the molecule is CN1C(=CC2C(O)C(c3c(C(F)(F)F)[nH]n(-c4ccccc4)c3=O)C2O)C(Cc2ccccc2)(Cc2ccccc2)c2cc(CO)ccc21. The van der Waals surface area contributed by atoms with E-state index in [-0.39, 0.29) is 12.3 Å². The minimum atomic E-state index is -4.93. The quantitative estimate of drug-likeness (QED) is 0.166. The lowest BCUT2D eigenvalue weighted by atomic mass is 9.63.